The Morgan fingerprint density at radius 1 is 1.07 bits per heavy atom. The van der Waals surface area contributed by atoms with Gasteiger partial charge in [-0.3, -0.25) is 0 Å². The fraction of sp³-hybridized carbons (Fsp3) is 0.222. The molecule has 0 aliphatic heterocycles. The molecule has 3 aromatic rings. The first-order chi connectivity index (χ1) is 13.6. The van der Waals surface area contributed by atoms with E-state index >= 15 is 0 Å². The molecule has 1 heterocycles. The van der Waals surface area contributed by atoms with Crippen LogP contribution in [0.25, 0.3) is 5.69 Å². The molecule has 11 heteroatoms. The van der Waals surface area contributed by atoms with Crippen molar-refractivity contribution in [2.24, 2.45) is 0 Å². The summed E-state index contributed by atoms with van der Waals surface area (Å²) < 4.78 is 68.9. The summed E-state index contributed by atoms with van der Waals surface area (Å²) in [7, 11) is -2.52. The highest BCUT2D eigenvalue weighted by Crippen LogP contribution is 2.28. The third-order valence-electron chi connectivity index (χ3n) is 4.34. The Bertz CT molecular complexity index is 1050. The Hall–Kier alpha value is -2.92. The number of aromatic nitrogens is 3. The second-order valence-electron chi connectivity index (χ2n) is 6.15. The molecule has 1 aromatic heterocycles. The molecule has 1 unspecified atom stereocenters. The second-order valence-corrected chi connectivity index (χ2v) is 8.15. The van der Waals surface area contributed by atoms with Gasteiger partial charge in [-0.05, 0) is 48.9 Å². The van der Waals surface area contributed by atoms with E-state index in [9.17, 15) is 21.6 Å². The van der Waals surface area contributed by atoms with Gasteiger partial charge in [0.05, 0.1) is 10.6 Å². The Morgan fingerprint density at radius 3 is 2.21 bits per heavy atom. The van der Waals surface area contributed by atoms with Crippen LogP contribution in [-0.4, -0.2) is 40.9 Å². The van der Waals surface area contributed by atoms with Gasteiger partial charge in [0.15, 0.2) is 0 Å². The number of alkyl halides is 3. The van der Waals surface area contributed by atoms with Crippen LogP contribution < -0.4 is 4.74 Å². The molecule has 154 valence electrons. The van der Waals surface area contributed by atoms with E-state index in [2.05, 4.69) is 14.8 Å². The molecule has 29 heavy (non-hydrogen) atoms. The monoisotopic (exact) mass is 426 g/mol. The van der Waals surface area contributed by atoms with Crippen LogP contribution in [0, 0.1) is 0 Å². The second kappa shape index (κ2) is 7.84. The number of sulfonamides is 1. The molecule has 0 aliphatic rings. The van der Waals surface area contributed by atoms with Gasteiger partial charge in [0, 0.05) is 13.1 Å². The van der Waals surface area contributed by atoms with E-state index in [4.69, 9.17) is 0 Å². The predicted octanol–water partition coefficient (Wildman–Crippen LogP) is 3.55. The predicted molar refractivity (Wildman–Crippen MR) is 97.8 cm³/mol. The summed E-state index contributed by atoms with van der Waals surface area (Å²) in [6.45, 7) is 1.71. The zero-order valence-corrected chi connectivity index (χ0v) is 16.2. The summed E-state index contributed by atoms with van der Waals surface area (Å²) in [5.41, 5.74) is 1.50. The van der Waals surface area contributed by atoms with Gasteiger partial charge in [-0.1, -0.05) is 12.1 Å². The average molecular weight is 426 g/mol. The molecule has 0 N–H and O–H groups in total. The van der Waals surface area contributed by atoms with Crippen molar-refractivity contribution in [1.82, 2.24) is 19.1 Å². The molecular weight excluding hydrogens is 409 g/mol. The van der Waals surface area contributed by atoms with E-state index in [-0.39, 0.29) is 4.90 Å². The summed E-state index contributed by atoms with van der Waals surface area (Å²) >= 11 is 0. The van der Waals surface area contributed by atoms with Gasteiger partial charge in [-0.2, -0.15) is 9.40 Å². The molecule has 1 atom stereocenters. The molecule has 7 nitrogen and oxygen atoms in total. The first-order valence-electron chi connectivity index (χ1n) is 8.37. The molecule has 0 saturated carbocycles. The molecule has 0 aliphatic carbocycles. The Balaban J connectivity index is 1.78. The fourth-order valence-corrected chi connectivity index (χ4v) is 4.00. The summed E-state index contributed by atoms with van der Waals surface area (Å²) in [4.78, 5) is 3.73. The Labute approximate surface area is 165 Å². The maximum absolute atomic E-state index is 12.8. The van der Waals surface area contributed by atoms with Gasteiger partial charge < -0.3 is 4.74 Å². The van der Waals surface area contributed by atoms with Gasteiger partial charge in [0.1, 0.15) is 18.4 Å². The molecule has 0 amide bonds. The number of nitrogens with zero attached hydrogens (tertiary/aromatic N) is 4. The van der Waals surface area contributed by atoms with Gasteiger partial charge in [-0.25, -0.2) is 18.1 Å². The summed E-state index contributed by atoms with van der Waals surface area (Å²) in [6.07, 6.45) is -1.90. The summed E-state index contributed by atoms with van der Waals surface area (Å²) in [6, 6.07) is 10.7. The minimum absolute atomic E-state index is 0.138. The lowest BCUT2D eigenvalue weighted by molar-refractivity contribution is -0.274. The van der Waals surface area contributed by atoms with Gasteiger partial charge in [0.25, 0.3) is 0 Å². The normalized spacial score (nSPS) is 13.4. The Morgan fingerprint density at radius 2 is 1.69 bits per heavy atom. The van der Waals surface area contributed by atoms with E-state index in [1.54, 1.807) is 42.2 Å². The van der Waals surface area contributed by atoms with Crippen LogP contribution in [0.5, 0.6) is 5.75 Å². The van der Waals surface area contributed by atoms with Crippen molar-refractivity contribution >= 4 is 10.0 Å². The fourth-order valence-electron chi connectivity index (χ4n) is 2.64. The first-order valence-corrected chi connectivity index (χ1v) is 9.81. The van der Waals surface area contributed by atoms with Crippen molar-refractivity contribution in [3.05, 3.63) is 66.7 Å². The first kappa shape index (κ1) is 20.8. The molecule has 0 radical (unpaired) electrons. The molecule has 0 fully saturated rings. The lowest BCUT2D eigenvalue weighted by atomic mass is 10.1. The van der Waals surface area contributed by atoms with E-state index in [0.29, 0.717) is 0 Å². The van der Waals surface area contributed by atoms with Crippen molar-refractivity contribution in [3.8, 4) is 11.4 Å². The highest BCUT2D eigenvalue weighted by Gasteiger charge is 2.31. The maximum atomic E-state index is 12.8. The largest absolute Gasteiger partial charge is 0.573 e. The lowest BCUT2D eigenvalue weighted by Gasteiger charge is -2.25. The van der Waals surface area contributed by atoms with Crippen LogP contribution in [0.4, 0.5) is 13.2 Å². The van der Waals surface area contributed by atoms with Crippen LogP contribution in [0.2, 0.25) is 0 Å². The van der Waals surface area contributed by atoms with E-state index in [0.717, 1.165) is 39.8 Å². The SMILES string of the molecule is CC(c1ccc(-n2cncn2)cc1)N(C)S(=O)(=O)c1ccc(OC(F)(F)F)cc1. The van der Waals surface area contributed by atoms with Gasteiger partial charge in [0.2, 0.25) is 10.0 Å². The van der Waals surface area contributed by atoms with E-state index in [1.807, 2.05) is 0 Å². The average Bonchev–Trinajstić information content (AvgIpc) is 3.21. The topological polar surface area (TPSA) is 77.3 Å². The van der Waals surface area contributed by atoms with Crippen LogP contribution in [-0.2, 0) is 10.0 Å². The molecule has 0 spiro atoms. The molecule has 3 rings (SSSR count). The Kier molecular flexibility index (Phi) is 5.62. The van der Waals surface area contributed by atoms with Gasteiger partial charge in [-0.15, -0.1) is 13.2 Å². The molecule has 0 saturated heterocycles. The van der Waals surface area contributed by atoms with E-state index in [1.165, 1.54) is 13.4 Å². The maximum Gasteiger partial charge on any atom is 0.573 e. The van der Waals surface area contributed by atoms with Crippen LogP contribution >= 0.6 is 0 Å². The summed E-state index contributed by atoms with van der Waals surface area (Å²) in [5, 5.41) is 4.02. The smallest absolute Gasteiger partial charge is 0.406 e. The highest BCUT2D eigenvalue weighted by molar-refractivity contribution is 7.89. The van der Waals surface area contributed by atoms with Gasteiger partial charge >= 0.3 is 6.36 Å². The summed E-state index contributed by atoms with van der Waals surface area (Å²) in [5.74, 6) is -0.490. The third kappa shape index (κ3) is 4.74. The zero-order chi connectivity index (χ0) is 21.2. The van der Waals surface area contributed by atoms with Crippen molar-refractivity contribution in [2.75, 3.05) is 7.05 Å². The number of halogens is 3. The van der Waals surface area contributed by atoms with Crippen LogP contribution in [0.15, 0.2) is 66.1 Å². The van der Waals surface area contributed by atoms with Crippen molar-refractivity contribution in [1.29, 1.82) is 0 Å². The minimum Gasteiger partial charge on any atom is -0.406 e. The number of hydrogen-bond donors (Lipinski definition) is 0. The quantitative estimate of drug-likeness (QED) is 0.603. The highest BCUT2D eigenvalue weighted by atomic mass is 32.2. The number of benzene rings is 2. The molecule has 2 aromatic carbocycles. The standard InChI is InChI=1S/C18H17F3N4O3S/c1-13(14-3-5-15(6-4-14)25-12-22-11-23-25)24(2)29(26,27)17-9-7-16(8-10-17)28-18(19,20)21/h3-13H,1-2H3. The van der Waals surface area contributed by atoms with E-state index < -0.39 is 28.2 Å². The minimum atomic E-state index is -4.84. The lowest BCUT2D eigenvalue weighted by Crippen LogP contribution is -2.29. The molecular formula is C18H17F3N4O3S. The zero-order valence-electron chi connectivity index (χ0n) is 15.4. The number of ether oxygens (including phenoxy) is 1. The third-order valence-corrected chi connectivity index (χ3v) is 6.28. The van der Waals surface area contributed by atoms with Crippen LogP contribution in [0.3, 0.4) is 0 Å². The number of hydrogen-bond acceptors (Lipinski definition) is 5. The van der Waals surface area contributed by atoms with Crippen molar-refractivity contribution < 1.29 is 26.3 Å². The van der Waals surface area contributed by atoms with Crippen molar-refractivity contribution in [2.45, 2.75) is 24.2 Å². The van der Waals surface area contributed by atoms with Crippen molar-refractivity contribution in [3.63, 3.8) is 0 Å². The molecule has 0 bridgehead atoms. The van der Waals surface area contributed by atoms with Crippen LogP contribution in [0.1, 0.15) is 18.5 Å². The number of rotatable bonds is 6.